The van der Waals surface area contributed by atoms with Gasteiger partial charge in [-0.05, 0) is 55.5 Å². The van der Waals surface area contributed by atoms with Crippen molar-refractivity contribution in [2.45, 2.75) is 44.6 Å². The molecule has 0 aliphatic heterocycles. The predicted molar refractivity (Wildman–Crippen MR) is 75.7 cm³/mol. The molecule has 90 valence electrons. The SMILES string of the molecule is Cc1c(C2CCC(N)CC2)sc2ccccc12. The van der Waals surface area contributed by atoms with Crippen LogP contribution in [0.4, 0.5) is 0 Å². The first-order valence-electron chi connectivity index (χ1n) is 6.49. The van der Waals surface area contributed by atoms with Crippen LogP contribution < -0.4 is 5.73 Å². The van der Waals surface area contributed by atoms with Gasteiger partial charge in [0, 0.05) is 15.6 Å². The van der Waals surface area contributed by atoms with E-state index in [1.165, 1.54) is 41.3 Å². The molecule has 0 spiro atoms. The number of hydrogen-bond donors (Lipinski definition) is 1. The van der Waals surface area contributed by atoms with E-state index in [4.69, 9.17) is 5.73 Å². The number of hydrogen-bond acceptors (Lipinski definition) is 2. The molecule has 0 amide bonds. The van der Waals surface area contributed by atoms with Gasteiger partial charge in [0.1, 0.15) is 0 Å². The Kier molecular flexibility index (Phi) is 2.93. The zero-order chi connectivity index (χ0) is 11.8. The second kappa shape index (κ2) is 4.43. The topological polar surface area (TPSA) is 26.0 Å². The Hall–Kier alpha value is -0.860. The third-order valence-corrected chi connectivity index (χ3v) is 5.46. The minimum absolute atomic E-state index is 0.445. The first kappa shape index (κ1) is 11.2. The lowest BCUT2D eigenvalue weighted by molar-refractivity contribution is 0.398. The van der Waals surface area contributed by atoms with Crippen molar-refractivity contribution in [1.82, 2.24) is 0 Å². The Morgan fingerprint density at radius 1 is 1.12 bits per heavy atom. The zero-order valence-electron chi connectivity index (χ0n) is 10.3. The summed E-state index contributed by atoms with van der Waals surface area (Å²) in [5, 5.41) is 1.45. The van der Waals surface area contributed by atoms with Crippen molar-refractivity contribution in [3.8, 4) is 0 Å². The minimum atomic E-state index is 0.445. The molecule has 2 heteroatoms. The van der Waals surface area contributed by atoms with Gasteiger partial charge >= 0.3 is 0 Å². The van der Waals surface area contributed by atoms with Crippen molar-refractivity contribution in [3.63, 3.8) is 0 Å². The van der Waals surface area contributed by atoms with Crippen LogP contribution in [0.3, 0.4) is 0 Å². The number of fused-ring (bicyclic) bond motifs is 1. The summed E-state index contributed by atoms with van der Waals surface area (Å²) in [5.74, 6) is 0.757. The minimum Gasteiger partial charge on any atom is -0.328 e. The van der Waals surface area contributed by atoms with Crippen molar-refractivity contribution < 1.29 is 0 Å². The molecule has 1 aliphatic carbocycles. The first-order chi connectivity index (χ1) is 8.25. The van der Waals surface area contributed by atoms with Crippen molar-refractivity contribution >= 4 is 21.4 Å². The van der Waals surface area contributed by atoms with Crippen LogP contribution in [0.2, 0.25) is 0 Å². The highest BCUT2D eigenvalue weighted by Crippen LogP contribution is 2.41. The average molecular weight is 245 g/mol. The number of thiophene rings is 1. The number of benzene rings is 1. The molecule has 3 rings (SSSR count). The molecule has 1 aliphatic rings. The van der Waals surface area contributed by atoms with E-state index in [1.54, 1.807) is 4.88 Å². The van der Waals surface area contributed by atoms with E-state index in [0.29, 0.717) is 6.04 Å². The van der Waals surface area contributed by atoms with E-state index < -0.39 is 0 Å². The first-order valence-corrected chi connectivity index (χ1v) is 7.31. The molecule has 0 radical (unpaired) electrons. The maximum atomic E-state index is 5.99. The van der Waals surface area contributed by atoms with Gasteiger partial charge in [0.05, 0.1) is 0 Å². The molecule has 1 aromatic carbocycles. The Bertz CT molecular complexity index is 521. The van der Waals surface area contributed by atoms with Gasteiger partial charge in [-0.15, -0.1) is 11.3 Å². The summed E-state index contributed by atoms with van der Waals surface area (Å²) in [7, 11) is 0. The van der Waals surface area contributed by atoms with E-state index in [1.807, 2.05) is 11.3 Å². The van der Waals surface area contributed by atoms with Gasteiger partial charge in [-0.25, -0.2) is 0 Å². The van der Waals surface area contributed by atoms with E-state index in [2.05, 4.69) is 31.2 Å². The molecule has 1 heterocycles. The lowest BCUT2D eigenvalue weighted by Crippen LogP contribution is -2.25. The van der Waals surface area contributed by atoms with Crippen LogP contribution in [-0.2, 0) is 0 Å². The summed E-state index contributed by atoms with van der Waals surface area (Å²) in [6.07, 6.45) is 4.93. The molecule has 0 unspecified atom stereocenters. The largest absolute Gasteiger partial charge is 0.328 e. The lowest BCUT2D eigenvalue weighted by Gasteiger charge is -2.25. The molecule has 0 atom stereocenters. The quantitative estimate of drug-likeness (QED) is 0.801. The van der Waals surface area contributed by atoms with Gasteiger partial charge in [-0.3, -0.25) is 0 Å². The number of rotatable bonds is 1. The van der Waals surface area contributed by atoms with Crippen molar-refractivity contribution in [3.05, 3.63) is 34.7 Å². The molecular weight excluding hydrogens is 226 g/mol. The van der Waals surface area contributed by atoms with Crippen LogP contribution in [0.15, 0.2) is 24.3 Å². The third-order valence-electron chi connectivity index (χ3n) is 4.02. The van der Waals surface area contributed by atoms with Crippen molar-refractivity contribution in [2.75, 3.05) is 0 Å². The highest BCUT2D eigenvalue weighted by molar-refractivity contribution is 7.19. The molecular formula is C15H19NS. The zero-order valence-corrected chi connectivity index (χ0v) is 11.1. The monoisotopic (exact) mass is 245 g/mol. The van der Waals surface area contributed by atoms with Gasteiger partial charge < -0.3 is 5.73 Å². The summed E-state index contributed by atoms with van der Waals surface area (Å²) in [6, 6.07) is 9.21. The van der Waals surface area contributed by atoms with Gasteiger partial charge in [-0.2, -0.15) is 0 Å². The Morgan fingerprint density at radius 2 is 1.82 bits per heavy atom. The number of nitrogens with two attached hydrogens (primary N) is 1. The molecule has 0 bridgehead atoms. The normalized spacial score (nSPS) is 25.3. The fourth-order valence-electron chi connectivity index (χ4n) is 2.96. The highest BCUT2D eigenvalue weighted by Gasteiger charge is 2.23. The maximum absolute atomic E-state index is 5.99. The molecule has 17 heavy (non-hydrogen) atoms. The van der Waals surface area contributed by atoms with E-state index in [9.17, 15) is 0 Å². The predicted octanol–water partition coefficient (Wildman–Crippen LogP) is 4.19. The third kappa shape index (κ3) is 2.00. The molecule has 2 aromatic rings. The second-order valence-electron chi connectivity index (χ2n) is 5.20. The summed E-state index contributed by atoms with van der Waals surface area (Å²) < 4.78 is 1.44. The van der Waals surface area contributed by atoms with Gasteiger partial charge in [0.25, 0.3) is 0 Å². The summed E-state index contributed by atoms with van der Waals surface area (Å²) in [6.45, 7) is 2.28. The van der Waals surface area contributed by atoms with Crippen LogP contribution in [0.25, 0.3) is 10.1 Å². The summed E-state index contributed by atoms with van der Waals surface area (Å²) in [5.41, 5.74) is 7.50. The van der Waals surface area contributed by atoms with Crippen LogP contribution in [0.5, 0.6) is 0 Å². The van der Waals surface area contributed by atoms with Crippen molar-refractivity contribution in [1.29, 1.82) is 0 Å². The van der Waals surface area contributed by atoms with Crippen LogP contribution >= 0.6 is 11.3 Å². The Balaban J connectivity index is 1.97. The smallest absolute Gasteiger partial charge is 0.0348 e. The van der Waals surface area contributed by atoms with Gasteiger partial charge in [0.2, 0.25) is 0 Å². The number of aryl methyl sites for hydroxylation is 1. The van der Waals surface area contributed by atoms with Crippen LogP contribution in [-0.4, -0.2) is 6.04 Å². The van der Waals surface area contributed by atoms with Crippen molar-refractivity contribution in [2.24, 2.45) is 5.73 Å². The molecule has 1 fully saturated rings. The van der Waals surface area contributed by atoms with Crippen LogP contribution in [0, 0.1) is 6.92 Å². The molecule has 0 saturated heterocycles. The second-order valence-corrected chi connectivity index (χ2v) is 6.28. The molecule has 1 aromatic heterocycles. The standard InChI is InChI=1S/C15H19NS/c1-10-13-4-2-3-5-14(13)17-15(10)11-6-8-12(16)9-7-11/h2-5,11-12H,6-9,16H2,1H3. The van der Waals surface area contributed by atoms with Crippen LogP contribution in [0.1, 0.15) is 42.0 Å². The van der Waals surface area contributed by atoms with E-state index in [-0.39, 0.29) is 0 Å². The average Bonchev–Trinajstić information content (AvgIpc) is 2.69. The summed E-state index contributed by atoms with van der Waals surface area (Å²) >= 11 is 1.99. The molecule has 1 nitrogen and oxygen atoms in total. The van der Waals surface area contributed by atoms with Gasteiger partial charge in [-0.1, -0.05) is 18.2 Å². The fraction of sp³-hybridized carbons (Fsp3) is 0.467. The molecule has 2 N–H and O–H groups in total. The lowest BCUT2D eigenvalue weighted by atomic mass is 9.84. The maximum Gasteiger partial charge on any atom is 0.0348 e. The molecule has 1 saturated carbocycles. The Morgan fingerprint density at radius 3 is 2.53 bits per heavy atom. The van der Waals surface area contributed by atoms with Gasteiger partial charge in [0.15, 0.2) is 0 Å². The highest BCUT2D eigenvalue weighted by atomic mass is 32.1. The Labute approximate surface area is 107 Å². The van der Waals surface area contributed by atoms with E-state index >= 15 is 0 Å². The van der Waals surface area contributed by atoms with E-state index in [0.717, 1.165) is 5.92 Å². The fourth-order valence-corrected chi connectivity index (χ4v) is 4.34. The summed E-state index contributed by atoms with van der Waals surface area (Å²) in [4.78, 5) is 1.61.